The van der Waals surface area contributed by atoms with Crippen LogP contribution < -0.4 is 0 Å². The lowest BCUT2D eigenvalue weighted by Gasteiger charge is -1.91. The summed E-state index contributed by atoms with van der Waals surface area (Å²) >= 11 is 5.60. The summed E-state index contributed by atoms with van der Waals surface area (Å²) in [5, 5.41) is 7.70. The molecule has 5 heteroatoms. The van der Waals surface area contributed by atoms with Crippen molar-refractivity contribution in [3.05, 3.63) is 29.9 Å². The number of halogens is 1. The lowest BCUT2D eigenvalue weighted by Crippen LogP contribution is -1.79. The van der Waals surface area contributed by atoms with E-state index >= 15 is 0 Å². The maximum atomic E-state index is 5.60. The molecule has 0 aliphatic heterocycles. The zero-order valence-corrected chi connectivity index (χ0v) is 6.69. The Kier molecular flexibility index (Phi) is 1.75. The van der Waals surface area contributed by atoms with E-state index in [1.807, 2.05) is 0 Å². The van der Waals surface area contributed by atoms with Crippen LogP contribution in [0.4, 0.5) is 0 Å². The van der Waals surface area contributed by atoms with Gasteiger partial charge < -0.3 is 4.42 Å². The minimum atomic E-state index is 0.443. The number of rotatable bonds is 1. The van der Waals surface area contributed by atoms with Gasteiger partial charge in [0.25, 0.3) is 0 Å². The molecule has 0 saturated carbocycles. The number of pyridine rings is 1. The van der Waals surface area contributed by atoms with Gasteiger partial charge >= 0.3 is 0 Å². The maximum Gasteiger partial charge on any atom is 0.248 e. The van der Waals surface area contributed by atoms with Gasteiger partial charge in [-0.25, -0.2) is 4.98 Å². The third kappa shape index (κ3) is 1.29. The molecule has 0 N–H and O–H groups in total. The van der Waals surface area contributed by atoms with Crippen molar-refractivity contribution in [2.45, 2.75) is 0 Å². The second-order valence-electron chi connectivity index (χ2n) is 2.11. The normalized spacial score (nSPS) is 10.1. The molecule has 0 radical (unpaired) electrons. The molecule has 2 aromatic heterocycles. The average molecular weight is 182 g/mol. The molecule has 12 heavy (non-hydrogen) atoms. The van der Waals surface area contributed by atoms with Crippen molar-refractivity contribution < 1.29 is 4.42 Å². The summed E-state index contributed by atoms with van der Waals surface area (Å²) in [6.07, 6.45) is 2.85. The van der Waals surface area contributed by atoms with E-state index < -0.39 is 0 Å². The van der Waals surface area contributed by atoms with Crippen molar-refractivity contribution >= 4 is 11.6 Å². The lowest BCUT2D eigenvalue weighted by atomic mass is 10.3. The first kappa shape index (κ1) is 7.24. The molecule has 0 atom stereocenters. The van der Waals surface area contributed by atoms with Gasteiger partial charge in [-0.05, 0) is 12.1 Å². The van der Waals surface area contributed by atoms with Crippen LogP contribution in [0.1, 0.15) is 0 Å². The zero-order valence-electron chi connectivity index (χ0n) is 5.94. The van der Waals surface area contributed by atoms with Gasteiger partial charge in [0.1, 0.15) is 5.15 Å². The fraction of sp³-hybridized carbons (Fsp3) is 0. The number of hydrogen-bond acceptors (Lipinski definition) is 4. The minimum Gasteiger partial charge on any atom is -0.423 e. The van der Waals surface area contributed by atoms with E-state index in [0.29, 0.717) is 11.0 Å². The van der Waals surface area contributed by atoms with E-state index in [9.17, 15) is 0 Å². The van der Waals surface area contributed by atoms with Gasteiger partial charge in [-0.15, -0.1) is 10.2 Å². The minimum absolute atomic E-state index is 0.443. The topological polar surface area (TPSA) is 51.8 Å². The smallest absolute Gasteiger partial charge is 0.248 e. The molecule has 0 bridgehead atoms. The van der Waals surface area contributed by atoms with Gasteiger partial charge in [-0.3, -0.25) is 0 Å². The molecule has 0 aromatic carbocycles. The summed E-state index contributed by atoms with van der Waals surface area (Å²) in [4.78, 5) is 3.87. The molecule has 2 aromatic rings. The first-order valence-corrected chi connectivity index (χ1v) is 3.62. The van der Waals surface area contributed by atoms with E-state index in [0.717, 1.165) is 5.56 Å². The van der Waals surface area contributed by atoms with E-state index in [1.54, 1.807) is 18.3 Å². The molecule has 0 amide bonds. The van der Waals surface area contributed by atoms with Crippen LogP contribution in [0.25, 0.3) is 11.5 Å². The van der Waals surface area contributed by atoms with Crippen molar-refractivity contribution in [1.82, 2.24) is 15.2 Å². The Hall–Kier alpha value is -1.42. The van der Waals surface area contributed by atoms with Gasteiger partial charge in [0.15, 0.2) is 0 Å². The third-order valence-corrected chi connectivity index (χ3v) is 1.56. The van der Waals surface area contributed by atoms with Crippen LogP contribution in [0.2, 0.25) is 5.15 Å². The Balaban J connectivity index is 2.43. The highest BCUT2D eigenvalue weighted by Gasteiger charge is 2.02. The SMILES string of the molecule is Clc1ccc(-c2nnco2)cn1. The summed E-state index contributed by atoms with van der Waals surface area (Å²) in [6.45, 7) is 0. The monoisotopic (exact) mass is 181 g/mol. The molecule has 60 valence electrons. The second-order valence-corrected chi connectivity index (χ2v) is 2.50. The third-order valence-electron chi connectivity index (χ3n) is 1.33. The Bertz CT molecular complexity index is 357. The molecular formula is C7H4ClN3O. The van der Waals surface area contributed by atoms with Gasteiger partial charge in [0.05, 0.1) is 5.56 Å². The molecule has 2 rings (SSSR count). The van der Waals surface area contributed by atoms with E-state index in [-0.39, 0.29) is 0 Å². The molecule has 0 saturated heterocycles. The number of hydrogen-bond donors (Lipinski definition) is 0. The van der Waals surface area contributed by atoms with E-state index in [2.05, 4.69) is 15.2 Å². The largest absolute Gasteiger partial charge is 0.423 e. The van der Waals surface area contributed by atoms with Crippen LogP contribution in [-0.2, 0) is 0 Å². The van der Waals surface area contributed by atoms with Crippen molar-refractivity contribution in [3.63, 3.8) is 0 Å². The highest BCUT2D eigenvalue weighted by Crippen LogP contribution is 2.15. The highest BCUT2D eigenvalue weighted by atomic mass is 35.5. The fourth-order valence-corrected chi connectivity index (χ4v) is 0.913. The standard InChI is InChI=1S/C7H4ClN3O/c8-6-2-1-5(3-9-6)7-11-10-4-12-7/h1-4H. The molecule has 0 aliphatic carbocycles. The van der Waals surface area contributed by atoms with Crippen molar-refractivity contribution in [1.29, 1.82) is 0 Å². The first-order valence-electron chi connectivity index (χ1n) is 3.24. The molecule has 0 fully saturated rings. The maximum absolute atomic E-state index is 5.60. The van der Waals surface area contributed by atoms with Crippen LogP contribution in [0.5, 0.6) is 0 Å². The van der Waals surface area contributed by atoms with Crippen LogP contribution in [0.15, 0.2) is 29.1 Å². The summed E-state index contributed by atoms with van der Waals surface area (Å²) in [5.74, 6) is 0.444. The molecule has 4 nitrogen and oxygen atoms in total. The predicted molar refractivity (Wildman–Crippen MR) is 42.5 cm³/mol. The van der Waals surface area contributed by atoms with Crippen molar-refractivity contribution in [2.75, 3.05) is 0 Å². The predicted octanol–water partition coefficient (Wildman–Crippen LogP) is 1.78. The fourth-order valence-electron chi connectivity index (χ4n) is 0.801. The zero-order chi connectivity index (χ0) is 8.39. The number of nitrogens with zero attached hydrogens (tertiary/aromatic N) is 3. The van der Waals surface area contributed by atoms with Crippen LogP contribution >= 0.6 is 11.6 Å². The van der Waals surface area contributed by atoms with Crippen LogP contribution in [0.3, 0.4) is 0 Å². The molecular weight excluding hydrogens is 178 g/mol. The van der Waals surface area contributed by atoms with Gasteiger partial charge in [-0.2, -0.15) is 0 Å². The first-order chi connectivity index (χ1) is 5.86. The Labute approximate surface area is 73.2 Å². The van der Waals surface area contributed by atoms with Gasteiger partial charge in [0, 0.05) is 6.20 Å². The molecule has 0 aliphatic rings. The summed E-state index contributed by atoms with van der Waals surface area (Å²) in [5.41, 5.74) is 0.761. The van der Waals surface area contributed by atoms with Crippen molar-refractivity contribution in [2.24, 2.45) is 0 Å². The Morgan fingerprint density at radius 1 is 1.33 bits per heavy atom. The van der Waals surface area contributed by atoms with E-state index in [4.69, 9.17) is 16.0 Å². The molecule has 2 heterocycles. The number of aromatic nitrogens is 3. The molecule has 0 unspecified atom stereocenters. The Morgan fingerprint density at radius 2 is 2.25 bits per heavy atom. The lowest BCUT2D eigenvalue weighted by molar-refractivity contribution is 0.568. The molecule has 0 spiro atoms. The van der Waals surface area contributed by atoms with Gasteiger partial charge in [-0.1, -0.05) is 11.6 Å². The van der Waals surface area contributed by atoms with Crippen LogP contribution in [0, 0.1) is 0 Å². The highest BCUT2D eigenvalue weighted by molar-refractivity contribution is 6.29. The second kappa shape index (κ2) is 2.91. The van der Waals surface area contributed by atoms with E-state index in [1.165, 1.54) is 6.39 Å². The van der Waals surface area contributed by atoms with Crippen LogP contribution in [-0.4, -0.2) is 15.2 Å². The van der Waals surface area contributed by atoms with Gasteiger partial charge in [0.2, 0.25) is 12.3 Å². The summed E-state index contributed by atoms with van der Waals surface area (Å²) in [7, 11) is 0. The van der Waals surface area contributed by atoms with Crippen molar-refractivity contribution in [3.8, 4) is 11.5 Å². The average Bonchev–Trinajstić information content (AvgIpc) is 2.58. The Morgan fingerprint density at radius 3 is 2.83 bits per heavy atom. The summed E-state index contributed by atoms with van der Waals surface area (Å²) in [6, 6.07) is 3.43. The quantitative estimate of drug-likeness (QED) is 0.630. The summed E-state index contributed by atoms with van der Waals surface area (Å²) < 4.78 is 4.95.